The SMILES string of the molecule is CC(C(=O)O)C(F)(F)F.N[C@H]1CCCc2ccccc21. The predicted octanol–water partition coefficient (Wildman–Crippen LogP) is 3.29. The lowest BCUT2D eigenvalue weighted by Gasteiger charge is -2.21. The molecule has 0 fully saturated rings. The molecule has 6 heteroatoms. The molecule has 0 radical (unpaired) electrons. The average Bonchev–Trinajstić information content (AvgIpc) is 2.38. The molecular formula is C14H18F3NO2. The zero-order valence-electron chi connectivity index (χ0n) is 11.2. The summed E-state index contributed by atoms with van der Waals surface area (Å²) >= 11 is 0. The van der Waals surface area contributed by atoms with Crippen LogP contribution in [-0.4, -0.2) is 17.3 Å². The minimum atomic E-state index is -4.62. The van der Waals surface area contributed by atoms with Crippen LogP contribution in [0.1, 0.15) is 36.9 Å². The summed E-state index contributed by atoms with van der Waals surface area (Å²) in [5, 5.41) is 7.80. The highest BCUT2D eigenvalue weighted by Gasteiger charge is 2.41. The standard InChI is InChI=1S/C10H13N.C4H5F3O2/c11-10-7-3-5-8-4-1-2-6-9(8)10;1-2(3(8)9)4(5,6)7/h1-2,4,6,10H,3,5,7,11H2;2H,1H3,(H,8,9)/t10-;/m0./s1. The Morgan fingerprint density at radius 2 is 2.00 bits per heavy atom. The van der Waals surface area contributed by atoms with Crippen molar-refractivity contribution in [2.24, 2.45) is 11.7 Å². The van der Waals surface area contributed by atoms with E-state index in [0.717, 1.165) is 6.42 Å². The van der Waals surface area contributed by atoms with E-state index in [-0.39, 0.29) is 0 Å². The maximum absolute atomic E-state index is 11.3. The Morgan fingerprint density at radius 1 is 1.40 bits per heavy atom. The second-order valence-corrected chi connectivity index (χ2v) is 4.80. The molecule has 20 heavy (non-hydrogen) atoms. The van der Waals surface area contributed by atoms with Crippen LogP contribution in [-0.2, 0) is 11.2 Å². The number of hydrogen-bond donors (Lipinski definition) is 2. The van der Waals surface area contributed by atoms with Gasteiger partial charge in [0.25, 0.3) is 0 Å². The Kier molecular flexibility index (Phi) is 5.56. The van der Waals surface area contributed by atoms with Crippen molar-refractivity contribution in [3.8, 4) is 0 Å². The summed E-state index contributed by atoms with van der Waals surface area (Å²) in [4.78, 5) is 9.63. The van der Waals surface area contributed by atoms with Gasteiger partial charge in [0.2, 0.25) is 0 Å². The summed E-state index contributed by atoms with van der Waals surface area (Å²) in [7, 11) is 0. The molecule has 0 aliphatic heterocycles. The Balaban J connectivity index is 0.000000206. The molecule has 112 valence electrons. The molecule has 1 aliphatic rings. The summed E-state index contributed by atoms with van der Waals surface area (Å²) in [5.41, 5.74) is 8.76. The number of alkyl halides is 3. The fraction of sp³-hybridized carbons (Fsp3) is 0.500. The molecule has 2 atom stereocenters. The molecule has 0 heterocycles. The lowest BCUT2D eigenvalue weighted by molar-refractivity contribution is -0.189. The van der Waals surface area contributed by atoms with E-state index >= 15 is 0 Å². The van der Waals surface area contributed by atoms with Crippen LogP contribution in [0, 0.1) is 5.92 Å². The predicted molar refractivity (Wildman–Crippen MR) is 69.2 cm³/mol. The smallest absolute Gasteiger partial charge is 0.401 e. The van der Waals surface area contributed by atoms with E-state index in [4.69, 9.17) is 10.8 Å². The van der Waals surface area contributed by atoms with Crippen molar-refractivity contribution in [2.45, 2.75) is 38.4 Å². The molecule has 0 saturated carbocycles. The third-order valence-electron chi connectivity index (χ3n) is 3.28. The first-order valence-corrected chi connectivity index (χ1v) is 6.36. The second kappa shape index (κ2) is 6.74. The van der Waals surface area contributed by atoms with Crippen LogP contribution in [0.4, 0.5) is 13.2 Å². The number of aryl methyl sites for hydroxylation is 1. The van der Waals surface area contributed by atoms with Gasteiger partial charge in [0.15, 0.2) is 0 Å². The topological polar surface area (TPSA) is 63.3 Å². The number of benzene rings is 1. The van der Waals surface area contributed by atoms with Crippen LogP contribution in [0.15, 0.2) is 24.3 Å². The Labute approximate surface area is 115 Å². The summed E-state index contributed by atoms with van der Waals surface area (Å²) in [6.07, 6.45) is -1.01. The van der Waals surface area contributed by atoms with Gasteiger partial charge in [-0.05, 0) is 37.3 Å². The number of rotatable bonds is 1. The summed E-state index contributed by atoms with van der Waals surface area (Å²) in [5.74, 6) is -4.11. The number of carbonyl (C=O) groups is 1. The van der Waals surface area contributed by atoms with E-state index in [0.29, 0.717) is 13.0 Å². The fourth-order valence-corrected chi connectivity index (χ4v) is 1.93. The highest BCUT2D eigenvalue weighted by molar-refractivity contribution is 5.70. The van der Waals surface area contributed by atoms with Crippen LogP contribution >= 0.6 is 0 Å². The van der Waals surface area contributed by atoms with Gasteiger partial charge in [0.05, 0.1) is 0 Å². The molecule has 0 saturated heterocycles. The Morgan fingerprint density at radius 3 is 2.45 bits per heavy atom. The highest BCUT2D eigenvalue weighted by Crippen LogP contribution is 2.27. The van der Waals surface area contributed by atoms with E-state index in [1.54, 1.807) is 0 Å². The number of fused-ring (bicyclic) bond motifs is 1. The van der Waals surface area contributed by atoms with Crippen molar-refractivity contribution in [1.29, 1.82) is 0 Å². The summed E-state index contributed by atoms with van der Waals surface area (Å²) in [6.45, 7) is 0.600. The van der Waals surface area contributed by atoms with Gasteiger partial charge in [-0.2, -0.15) is 13.2 Å². The first kappa shape index (κ1) is 16.5. The molecule has 0 aromatic heterocycles. The summed E-state index contributed by atoms with van der Waals surface area (Å²) in [6, 6.07) is 8.80. The lowest BCUT2D eigenvalue weighted by Crippen LogP contribution is -2.27. The molecule has 0 amide bonds. The number of aliphatic carboxylic acids is 1. The van der Waals surface area contributed by atoms with Gasteiger partial charge in [0, 0.05) is 6.04 Å². The van der Waals surface area contributed by atoms with E-state index in [2.05, 4.69) is 24.3 Å². The third-order valence-corrected chi connectivity index (χ3v) is 3.28. The minimum Gasteiger partial charge on any atom is -0.481 e. The highest BCUT2D eigenvalue weighted by atomic mass is 19.4. The summed E-state index contributed by atoms with van der Waals surface area (Å²) < 4.78 is 34.0. The monoisotopic (exact) mass is 289 g/mol. The molecule has 2 rings (SSSR count). The first-order chi connectivity index (χ1) is 9.23. The molecule has 3 N–H and O–H groups in total. The van der Waals surface area contributed by atoms with Gasteiger partial charge in [-0.15, -0.1) is 0 Å². The first-order valence-electron chi connectivity index (χ1n) is 6.36. The zero-order chi connectivity index (χ0) is 15.3. The second-order valence-electron chi connectivity index (χ2n) is 4.80. The van der Waals surface area contributed by atoms with Gasteiger partial charge in [0.1, 0.15) is 5.92 Å². The molecule has 0 spiro atoms. The molecule has 1 aliphatic carbocycles. The van der Waals surface area contributed by atoms with E-state index in [1.165, 1.54) is 24.0 Å². The average molecular weight is 289 g/mol. The molecule has 0 bridgehead atoms. The minimum absolute atomic E-state index is 0.292. The Bertz CT molecular complexity index is 460. The molecule has 1 unspecified atom stereocenters. The maximum Gasteiger partial charge on any atom is 0.401 e. The van der Waals surface area contributed by atoms with Crippen LogP contribution in [0.2, 0.25) is 0 Å². The van der Waals surface area contributed by atoms with Crippen molar-refractivity contribution in [2.75, 3.05) is 0 Å². The number of halogens is 3. The van der Waals surface area contributed by atoms with Gasteiger partial charge < -0.3 is 10.8 Å². The number of carboxylic acid groups (broad SMARTS) is 1. The molecule has 3 nitrogen and oxygen atoms in total. The largest absolute Gasteiger partial charge is 0.481 e. The van der Waals surface area contributed by atoms with E-state index in [1.807, 2.05) is 0 Å². The van der Waals surface area contributed by atoms with Gasteiger partial charge in [-0.1, -0.05) is 24.3 Å². The number of hydrogen-bond acceptors (Lipinski definition) is 2. The maximum atomic E-state index is 11.3. The van der Waals surface area contributed by atoms with Crippen LogP contribution in [0.3, 0.4) is 0 Å². The molecule has 1 aromatic rings. The van der Waals surface area contributed by atoms with Crippen LogP contribution < -0.4 is 5.73 Å². The van der Waals surface area contributed by atoms with Crippen molar-refractivity contribution in [1.82, 2.24) is 0 Å². The van der Waals surface area contributed by atoms with Crippen molar-refractivity contribution in [3.63, 3.8) is 0 Å². The number of nitrogens with two attached hydrogens (primary N) is 1. The van der Waals surface area contributed by atoms with E-state index in [9.17, 15) is 18.0 Å². The van der Waals surface area contributed by atoms with Crippen molar-refractivity contribution in [3.05, 3.63) is 35.4 Å². The quantitative estimate of drug-likeness (QED) is 0.834. The van der Waals surface area contributed by atoms with Crippen LogP contribution in [0.5, 0.6) is 0 Å². The fourth-order valence-electron chi connectivity index (χ4n) is 1.93. The molecule has 1 aromatic carbocycles. The van der Waals surface area contributed by atoms with E-state index < -0.39 is 18.1 Å². The zero-order valence-corrected chi connectivity index (χ0v) is 11.2. The Hall–Kier alpha value is -1.56. The van der Waals surface area contributed by atoms with Crippen molar-refractivity contribution < 1.29 is 23.1 Å². The van der Waals surface area contributed by atoms with Gasteiger partial charge in [-0.3, -0.25) is 4.79 Å². The van der Waals surface area contributed by atoms with Gasteiger partial charge in [-0.25, -0.2) is 0 Å². The lowest BCUT2D eigenvalue weighted by atomic mass is 9.88. The van der Waals surface area contributed by atoms with Crippen molar-refractivity contribution >= 4 is 5.97 Å². The van der Waals surface area contributed by atoms with Gasteiger partial charge >= 0.3 is 12.1 Å². The molecular weight excluding hydrogens is 271 g/mol. The normalized spacial score (nSPS) is 19.4. The van der Waals surface area contributed by atoms with Crippen LogP contribution in [0.25, 0.3) is 0 Å². The third kappa shape index (κ3) is 4.52. The number of carboxylic acids is 1.